The molecular formula is C24H30F2N4O4. The molecule has 0 spiro atoms. The lowest BCUT2D eigenvalue weighted by atomic mass is 10.2. The predicted octanol–water partition coefficient (Wildman–Crippen LogP) is 3.23. The Morgan fingerprint density at radius 1 is 1.21 bits per heavy atom. The Kier molecular flexibility index (Phi) is 8.89. The number of rotatable bonds is 4. The largest absolute Gasteiger partial charge is 0.494 e. The minimum absolute atomic E-state index is 0.0586. The van der Waals surface area contributed by atoms with Crippen molar-refractivity contribution in [1.82, 2.24) is 9.88 Å². The molecule has 2 saturated heterocycles. The molecule has 34 heavy (non-hydrogen) atoms. The number of halogens is 2. The highest BCUT2D eigenvalue weighted by Gasteiger charge is 2.28. The zero-order valence-electron chi connectivity index (χ0n) is 19.6. The average molecular weight is 477 g/mol. The maximum Gasteiger partial charge on any atom is 0.253 e. The molecular weight excluding hydrogens is 446 g/mol. The molecule has 0 saturated carbocycles. The Labute approximate surface area is 197 Å². The summed E-state index contributed by atoms with van der Waals surface area (Å²) in [5.41, 5.74) is 0.638. The maximum absolute atomic E-state index is 12.5. The smallest absolute Gasteiger partial charge is 0.253 e. The lowest BCUT2D eigenvalue weighted by Crippen LogP contribution is -2.33. The van der Waals surface area contributed by atoms with Crippen LogP contribution in [0, 0.1) is 11.6 Å². The second-order valence-electron chi connectivity index (χ2n) is 8.26. The van der Waals surface area contributed by atoms with Crippen molar-refractivity contribution in [2.45, 2.75) is 38.4 Å². The number of carbonyl (C=O) groups is 2. The molecule has 2 atom stereocenters. The third kappa shape index (κ3) is 6.71. The van der Waals surface area contributed by atoms with Crippen LogP contribution in [0.3, 0.4) is 0 Å². The van der Waals surface area contributed by atoms with Gasteiger partial charge >= 0.3 is 0 Å². The molecule has 2 unspecified atom stereocenters. The van der Waals surface area contributed by atoms with Gasteiger partial charge in [-0.15, -0.1) is 0 Å². The summed E-state index contributed by atoms with van der Waals surface area (Å²) in [5.74, 6) is -1.40. The van der Waals surface area contributed by atoms with Crippen molar-refractivity contribution in [2.75, 3.05) is 44.0 Å². The van der Waals surface area contributed by atoms with E-state index < -0.39 is 17.7 Å². The summed E-state index contributed by atoms with van der Waals surface area (Å²) < 4.78 is 34.9. The normalized spacial score (nSPS) is 20.9. The number of ether oxygens (including phenoxy) is 2. The summed E-state index contributed by atoms with van der Waals surface area (Å²) in [5, 5.41) is 2.87. The number of hydrogen-bond acceptors (Lipinski definition) is 6. The van der Waals surface area contributed by atoms with E-state index in [1.54, 1.807) is 23.2 Å². The third-order valence-corrected chi connectivity index (χ3v) is 5.66. The van der Waals surface area contributed by atoms with Gasteiger partial charge in [-0.25, -0.2) is 9.37 Å². The molecule has 10 heteroatoms. The van der Waals surface area contributed by atoms with Crippen molar-refractivity contribution in [3.05, 3.63) is 48.2 Å². The van der Waals surface area contributed by atoms with Gasteiger partial charge in [0.05, 0.1) is 13.2 Å². The topological polar surface area (TPSA) is 84.0 Å². The van der Waals surface area contributed by atoms with E-state index in [0.717, 1.165) is 32.0 Å². The number of benzene rings is 1. The fourth-order valence-electron chi connectivity index (χ4n) is 3.67. The quantitative estimate of drug-likeness (QED) is 0.730. The Balaban J connectivity index is 0.000000271. The minimum Gasteiger partial charge on any atom is -0.494 e. The highest BCUT2D eigenvalue weighted by atomic mass is 19.2. The molecule has 1 aromatic carbocycles. The van der Waals surface area contributed by atoms with Crippen molar-refractivity contribution < 1.29 is 27.8 Å². The number of pyridine rings is 1. The van der Waals surface area contributed by atoms with Gasteiger partial charge in [-0.1, -0.05) is 6.07 Å². The zero-order chi connectivity index (χ0) is 24.7. The van der Waals surface area contributed by atoms with Crippen molar-refractivity contribution >= 4 is 23.3 Å². The van der Waals surface area contributed by atoms with Crippen LogP contribution in [-0.4, -0.2) is 67.7 Å². The molecule has 184 valence electrons. The van der Waals surface area contributed by atoms with E-state index in [1.807, 2.05) is 14.0 Å². The number of aromatic nitrogens is 1. The second-order valence-corrected chi connectivity index (χ2v) is 8.26. The van der Waals surface area contributed by atoms with E-state index in [9.17, 15) is 18.4 Å². The summed E-state index contributed by atoms with van der Waals surface area (Å²) in [7, 11) is 3.29. The standard InChI is InChI=1S/C17H24N4O3.C7H6F2O/c1-12-3-4-14(24-12)17(23)19-13-5-7-18-15(11-13)21-10-9-20(2)8-6-16(21)22;1-10-6-4-2-3-5(8)7(6)9/h5,7,11-12,14H,3-4,6,8-10H2,1-2H3,(H,18,19,23);2-4H,1H3. The summed E-state index contributed by atoms with van der Waals surface area (Å²) >= 11 is 0. The molecule has 0 aliphatic carbocycles. The molecule has 3 heterocycles. The van der Waals surface area contributed by atoms with Gasteiger partial charge in [0.1, 0.15) is 11.9 Å². The van der Waals surface area contributed by atoms with Crippen LogP contribution in [0.4, 0.5) is 20.3 Å². The van der Waals surface area contributed by atoms with Crippen molar-refractivity contribution in [1.29, 1.82) is 0 Å². The maximum atomic E-state index is 12.5. The molecule has 1 N–H and O–H groups in total. The molecule has 2 amide bonds. The molecule has 1 aromatic heterocycles. The number of methoxy groups -OCH3 is 1. The fourth-order valence-corrected chi connectivity index (χ4v) is 3.67. The molecule has 2 fully saturated rings. The highest BCUT2D eigenvalue weighted by Crippen LogP contribution is 2.23. The molecule has 4 rings (SSSR count). The van der Waals surface area contributed by atoms with Gasteiger partial charge in [0.25, 0.3) is 5.91 Å². The van der Waals surface area contributed by atoms with Gasteiger partial charge in [-0.2, -0.15) is 4.39 Å². The summed E-state index contributed by atoms with van der Waals surface area (Å²) in [6.45, 7) is 4.13. The van der Waals surface area contributed by atoms with Gasteiger partial charge in [0, 0.05) is 44.0 Å². The van der Waals surface area contributed by atoms with E-state index in [4.69, 9.17) is 4.74 Å². The predicted molar refractivity (Wildman–Crippen MR) is 124 cm³/mol. The number of nitrogens with one attached hydrogen (secondary N) is 1. The van der Waals surface area contributed by atoms with Gasteiger partial charge in [0.15, 0.2) is 11.6 Å². The summed E-state index contributed by atoms with van der Waals surface area (Å²) in [4.78, 5) is 32.7. The van der Waals surface area contributed by atoms with Crippen LogP contribution in [-0.2, 0) is 14.3 Å². The lowest BCUT2D eigenvalue weighted by Gasteiger charge is -2.20. The fraction of sp³-hybridized carbons (Fsp3) is 0.458. The van der Waals surface area contributed by atoms with E-state index in [1.165, 1.54) is 19.2 Å². The number of hydrogen-bond donors (Lipinski definition) is 1. The second kappa shape index (κ2) is 11.8. The monoisotopic (exact) mass is 476 g/mol. The number of likely N-dealkylation sites (N-methyl/N-ethyl adjacent to an activating group) is 1. The van der Waals surface area contributed by atoms with Crippen LogP contribution >= 0.6 is 0 Å². The molecule has 0 bridgehead atoms. The first-order valence-corrected chi connectivity index (χ1v) is 11.2. The Hall–Kier alpha value is -3.11. The Morgan fingerprint density at radius 2 is 2.00 bits per heavy atom. The van der Waals surface area contributed by atoms with Gasteiger partial charge in [-0.05, 0) is 45.0 Å². The van der Waals surface area contributed by atoms with E-state index >= 15 is 0 Å². The molecule has 2 aromatic rings. The van der Waals surface area contributed by atoms with Crippen molar-refractivity contribution in [3.63, 3.8) is 0 Å². The van der Waals surface area contributed by atoms with Gasteiger partial charge < -0.3 is 19.7 Å². The number of nitrogens with zero attached hydrogens (tertiary/aromatic N) is 3. The summed E-state index contributed by atoms with van der Waals surface area (Å²) in [6, 6.07) is 7.27. The van der Waals surface area contributed by atoms with E-state index in [-0.39, 0.29) is 23.7 Å². The van der Waals surface area contributed by atoms with Crippen LogP contribution in [0.1, 0.15) is 26.2 Å². The zero-order valence-corrected chi connectivity index (χ0v) is 19.6. The number of carbonyl (C=O) groups excluding carboxylic acids is 2. The van der Waals surface area contributed by atoms with E-state index in [0.29, 0.717) is 24.5 Å². The van der Waals surface area contributed by atoms with Gasteiger partial charge in [0.2, 0.25) is 11.7 Å². The Morgan fingerprint density at radius 3 is 2.68 bits per heavy atom. The summed E-state index contributed by atoms with van der Waals surface area (Å²) in [6.07, 6.45) is 3.45. The average Bonchev–Trinajstić information content (AvgIpc) is 3.19. The highest BCUT2D eigenvalue weighted by molar-refractivity contribution is 5.96. The minimum atomic E-state index is -0.940. The van der Waals surface area contributed by atoms with E-state index in [2.05, 4.69) is 19.9 Å². The van der Waals surface area contributed by atoms with Crippen LogP contribution in [0.15, 0.2) is 36.5 Å². The SMILES string of the molecule is CC1CCC(C(=O)Nc2ccnc(N3CCN(C)CCC3=O)c2)O1.COc1cccc(F)c1F. The van der Waals surface area contributed by atoms with Gasteiger partial charge in [-0.3, -0.25) is 14.5 Å². The first-order valence-electron chi connectivity index (χ1n) is 11.2. The molecule has 0 radical (unpaired) electrons. The molecule has 2 aliphatic heterocycles. The molecule has 2 aliphatic rings. The van der Waals surface area contributed by atoms with Crippen LogP contribution < -0.4 is 15.0 Å². The first-order chi connectivity index (χ1) is 16.3. The van der Waals surface area contributed by atoms with Crippen molar-refractivity contribution in [3.8, 4) is 5.75 Å². The van der Waals surface area contributed by atoms with Crippen LogP contribution in [0.2, 0.25) is 0 Å². The first kappa shape index (κ1) is 25.5. The lowest BCUT2D eigenvalue weighted by molar-refractivity contribution is -0.126. The van der Waals surface area contributed by atoms with Crippen molar-refractivity contribution in [2.24, 2.45) is 0 Å². The number of amides is 2. The Bertz CT molecular complexity index is 1010. The van der Waals surface area contributed by atoms with Crippen LogP contribution in [0.5, 0.6) is 5.75 Å². The third-order valence-electron chi connectivity index (χ3n) is 5.66. The number of anilines is 2. The van der Waals surface area contributed by atoms with Crippen LogP contribution in [0.25, 0.3) is 0 Å². The molecule has 8 nitrogen and oxygen atoms in total.